The molecule has 2 aromatic rings. The fraction of sp³-hybridized carbons (Fsp3) is 0.200. The van der Waals surface area contributed by atoms with Crippen molar-refractivity contribution in [1.29, 1.82) is 5.26 Å². The number of nitriles is 1. The summed E-state index contributed by atoms with van der Waals surface area (Å²) in [6.45, 7) is 0.502. The van der Waals surface area contributed by atoms with Crippen molar-refractivity contribution in [3.05, 3.63) is 46.6 Å². The molecule has 0 atom stereocenters. The summed E-state index contributed by atoms with van der Waals surface area (Å²) in [4.78, 5) is 4.13. The van der Waals surface area contributed by atoms with Gasteiger partial charge in [0, 0.05) is 12.7 Å². The minimum Gasteiger partial charge on any atom is -0.493 e. The van der Waals surface area contributed by atoms with Crippen LogP contribution < -0.4 is 14.8 Å². The van der Waals surface area contributed by atoms with Crippen LogP contribution in [0.1, 0.15) is 11.1 Å². The van der Waals surface area contributed by atoms with E-state index >= 15 is 0 Å². The molecule has 0 saturated carbocycles. The molecular formula is C15H14ClN3O2. The van der Waals surface area contributed by atoms with Crippen LogP contribution in [0.3, 0.4) is 0 Å². The SMILES string of the molecule is COc1ccc(CNc2nccc(C#N)c2Cl)cc1OC. The molecule has 6 heteroatoms. The first-order chi connectivity index (χ1) is 10.2. The van der Waals surface area contributed by atoms with Gasteiger partial charge in [-0.25, -0.2) is 4.98 Å². The summed E-state index contributed by atoms with van der Waals surface area (Å²) in [6.07, 6.45) is 1.54. The molecule has 0 unspecified atom stereocenters. The predicted octanol–water partition coefficient (Wildman–Crippen LogP) is 3.24. The Morgan fingerprint density at radius 1 is 1.24 bits per heavy atom. The molecule has 0 spiro atoms. The van der Waals surface area contributed by atoms with E-state index in [-0.39, 0.29) is 0 Å². The molecular weight excluding hydrogens is 290 g/mol. The molecule has 21 heavy (non-hydrogen) atoms. The number of hydrogen-bond acceptors (Lipinski definition) is 5. The maximum absolute atomic E-state index is 8.93. The Hall–Kier alpha value is -2.45. The lowest BCUT2D eigenvalue weighted by molar-refractivity contribution is 0.354. The Balaban J connectivity index is 2.15. The molecule has 1 aromatic carbocycles. The molecule has 0 radical (unpaired) electrons. The Bertz CT molecular complexity index is 683. The van der Waals surface area contributed by atoms with Crippen molar-refractivity contribution in [3.8, 4) is 17.6 Å². The van der Waals surface area contributed by atoms with Gasteiger partial charge in [-0.3, -0.25) is 0 Å². The second-order valence-corrected chi connectivity index (χ2v) is 4.55. The summed E-state index contributed by atoms with van der Waals surface area (Å²) in [5, 5.41) is 12.4. The standard InChI is InChI=1S/C15H14ClN3O2/c1-20-12-4-3-10(7-13(12)21-2)9-19-15-14(16)11(8-17)5-6-18-15/h3-7H,9H2,1-2H3,(H,18,19). The number of hydrogen-bond donors (Lipinski definition) is 1. The van der Waals surface area contributed by atoms with Crippen LogP contribution in [0.15, 0.2) is 30.5 Å². The highest BCUT2D eigenvalue weighted by atomic mass is 35.5. The van der Waals surface area contributed by atoms with Crippen molar-refractivity contribution in [2.45, 2.75) is 6.54 Å². The van der Waals surface area contributed by atoms with Crippen LogP contribution >= 0.6 is 11.6 Å². The van der Waals surface area contributed by atoms with Gasteiger partial charge in [0.1, 0.15) is 16.9 Å². The molecule has 0 fully saturated rings. The quantitative estimate of drug-likeness (QED) is 0.918. The molecule has 1 N–H and O–H groups in total. The Morgan fingerprint density at radius 3 is 2.67 bits per heavy atom. The molecule has 5 nitrogen and oxygen atoms in total. The first-order valence-corrected chi connectivity index (χ1v) is 6.56. The monoisotopic (exact) mass is 303 g/mol. The van der Waals surface area contributed by atoms with Gasteiger partial charge < -0.3 is 14.8 Å². The van der Waals surface area contributed by atoms with Crippen LogP contribution in [-0.2, 0) is 6.54 Å². The normalized spacial score (nSPS) is 9.81. The van der Waals surface area contributed by atoms with Crippen LogP contribution in [0.25, 0.3) is 0 Å². The molecule has 0 aliphatic carbocycles. The molecule has 0 saturated heterocycles. The molecule has 0 aliphatic rings. The molecule has 108 valence electrons. The van der Waals surface area contributed by atoms with Gasteiger partial charge in [0.05, 0.1) is 19.8 Å². The number of rotatable bonds is 5. The topological polar surface area (TPSA) is 67.2 Å². The van der Waals surface area contributed by atoms with E-state index in [9.17, 15) is 0 Å². The minimum atomic E-state index is 0.320. The van der Waals surface area contributed by atoms with Gasteiger partial charge >= 0.3 is 0 Å². The molecule has 2 rings (SSSR count). The lowest BCUT2D eigenvalue weighted by Crippen LogP contribution is -2.03. The van der Waals surface area contributed by atoms with Crippen LogP contribution in [0, 0.1) is 11.3 Å². The number of ether oxygens (including phenoxy) is 2. The third-order valence-electron chi connectivity index (χ3n) is 2.92. The van der Waals surface area contributed by atoms with Crippen molar-refractivity contribution in [2.75, 3.05) is 19.5 Å². The van der Waals surface area contributed by atoms with Crippen molar-refractivity contribution >= 4 is 17.4 Å². The molecule has 0 amide bonds. The van der Waals surface area contributed by atoms with E-state index in [0.717, 1.165) is 5.56 Å². The van der Waals surface area contributed by atoms with E-state index in [4.69, 9.17) is 26.3 Å². The molecule has 1 heterocycles. The Labute approximate surface area is 128 Å². The number of aromatic nitrogens is 1. The third-order valence-corrected chi connectivity index (χ3v) is 3.30. The van der Waals surface area contributed by atoms with E-state index in [1.54, 1.807) is 26.5 Å². The van der Waals surface area contributed by atoms with Gasteiger partial charge in [0.15, 0.2) is 11.5 Å². The maximum Gasteiger partial charge on any atom is 0.161 e. The molecule has 0 aliphatic heterocycles. The summed E-state index contributed by atoms with van der Waals surface area (Å²) in [5.41, 5.74) is 1.37. The first kappa shape index (κ1) is 14.9. The zero-order valence-electron chi connectivity index (χ0n) is 11.7. The highest BCUT2D eigenvalue weighted by molar-refractivity contribution is 6.34. The van der Waals surface area contributed by atoms with Gasteiger partial charge in [-0.1, -0.05) is 17.7 Å². The average Bonchev–Trinajstić information content (AvgIpc) is 2.53. The summed E-state index contributed by atoms with van der Waals surface area (Å²) >= 11 is 6.09. The van der Waals surface area contributed by atoms with E-state index in [0.29, 0.717) is 34.4 Å². The number of halogens is 1. The van der Waals surface area contributed by atoms with Crippen LogP contribution in [0.5, 0.6) is 11.5 Å². The largest absolute Gasteiger partial charge is 0.493 e. The maximum atomic E-state index is 8.93. The molecule has 1 aromatic heterocycles. The van der Waals surface area contributed by atoms with Gasteiger partial charge in [-0.15, -0.1) is 0 Å². The van der Waals surface area contributed by atoms with Gasteiger partial charge in [-0.05, 0) is 23.8 Å². The van der Waals surface area contributed by atoms with Crippen molar-refractivity contribution in [1.82, 2.24) is 4.98 Å². The predicted molar refractivity (Wildman–Crippen MR) is 80.8 cm³/mol. The van der Waals surface area contributed by atoms with Gasteiger partial charge in [0.25, 0.3) is 0 Å². The lowest BCUT2D eigenvalue weighted by Gasteiger charge is -2.11. The number of nitrogens with one attached hydrogen (secondary N) is 1. The fourth-order valence-corrected chi connectivity index (χ4v) is 2.05. The second-order valence-electron chi connectivity index (χ2n) is 4.18. The second kappa shape index (κ2) is 6.82. The third kappa shape index (κ3) is 3.36. The van der Waals surface area contributed by atoms with Crippen molar-refractivity contribution in [3.63, 3.8) is 0 Å². The lowest BCUT2D eigenvalue weighted by atomic mass is 10.2. The highest BCUT2D eigenvalue weighted by Crippen LogP contribution is 2.28. The van der Waals surface area contributed by atoms with Crippen LogP contribution in [0.2, 0.25) is 5.02 Å². The fourth-order valence-electron chi connectivity index (χ4n) is 1.83. The summed E-state index contributed by atoms with van der Waals surface area (Å²) in [5.74, 6) is 1.80. The smallest absolute Gasteiger partial charge is 0.161 e. The van der Waals surface area contributed by atoms with E-state index < -0.39 is 0 Å². The summed E-state index contributed by atoms with van der Waals surface area (Å²) in [6, 6.07) is 9.20. The number of nitrogens with zero attached hydrogens (tertiary/aromatic N) is 2. The number of pyridine rings is 1. The molecule has 0 bridgehead atoms. The van der Waals surface area contributed by atoms with Crippen LogP contribution in [0.4, 0.5) is 5.82 Å². The van der Waals surface area contributed by atoms with Gasteiger partial charge in [-0.2, -0.15) is 5.26 Å². The van der Waals surface area contributed by atoms with Crippen molar-refractivity contribution < 1.29 is 9.47 Å². The highest BCUT2D eigenvalue weighted by Gasteiger charge is 2.08. The summed E-state index contributed by atoms with van der Waals surface area (Å²) < 4.78 is 10.4. The van der Waals surface area contributed by atoms with Crippen LogP contribution in [-0.4, -0.2) is 19.2 Å². The number of anilines is 1. The van der Waals surface area contributed by atoms with E-state index in [2.05, 4.69) is 10.3 Å². The van der Waals surface area contributed by atoms with Crippen molar-refractivity contribution in [2.24, 2.45) is 0 Å². The Morgan fingerprint density at radius 2 is 2.00 bits per heavy atom. The zero-order valence-corrected chi connectivity index (χ0v) is 12.4. The Kier molecular flexibility index (Phi) is 4.85. The number of methoxy groups -OCH3 is 2. The minimum absolute atomic E-state index is 0.320. The first-order valence-electron chi connectivity index (χ1n) is 6.19. The number of benzene rings is 1. The average molecular weight is 304 g/mol. The van der Waals surface area contributed by atoms with E-state index in [1.165, 1.54) is 0 Å². The van der Waals surface area contributed by atoms with E-state index in [1.807, 2.05) is 24.3 Å². The van der Waals surface area contributed by atoms with Gasteiger partial charge in [0.2, 0.25) is 0 Å². The zero-order chi connectivity index (χ0) is 15.2. The summed E-state index contributed by atoms with van der Waals surface area (Å²) in [7, 11) is 3.18.